The molecule has 2 aliphatic carbocycles. The van der Waals surface area contributed by atoms with Gasteiger partial charge in [-0.3, -0.25) is 4.79 Å². The third-order valence-electron chi connectivity index (χ3n) is 15.4. The molecule has 10 nitrogen and oxygen atoms in total. The summed E-state index contributed by atoms with van der Waals surface area (Å²) in [5.41, 5.74) is 12.6. The van der Waals surface area contributed by atoms with Crippen LogP contribution in [0.15, 0.2) is 103 Å². The fraction of sp³-hybridized carbons (Fsp3) is 0.492. The van der Waals surface area contributed by atoms with Crippen molar-refractivity contribution in [1.29, 1.82) is 0 Å². The van der Waals surface area contributed by atoms with Gasteiger partial charge in [0.25, 0.3) is 0 Å². The van der Waals surface area contributed by atoms with Crippen LogP contribution in [-0.4, -0.2) is 59.3 Å². The number of aromatic hydroxyl groups is 1. The number of phenolic OH excluding ortho intramolecular Hbond substituents is 1. The van der Waals surface area contributed by atoms with Crippen LogP contribution >= 0.6 is 0 Å². The molecule has 0 radical (unpaired) electrons. The molecule has 2 heterocycles. The molecule has 8 atom stereocenters. The maximum atomic E-state index is 13.8. The van der Waals surface area contributed by atoms with Crippen molar-refractivity contribution in [3.63, 3.8) is 0 Å². The van der Waals surface area contributed by atoms with Gasteiger partial charge in [-0.2, -0.15) is 0 Å². The van der Waals surface area contributed by atoms with Crippen LogP contribution in [0.2, 0.25) is 0 Å². The molecule has 10 heteroatoms. The molecule has 8 N–H and O–H groups in total. The first-order valence-corrected chi connectivity index (χ1v) is 25.8. The van der Waals surface area contributed by atoms with Crippen molar-refractivity contribution in [2.75, 3.05) is 5.73 Å². The van der Waals surface area contributed by atoms with Crippen LogP contribution in [0, 0.1) is 29.6 Å². The Hall–Kier alpha value is -5.42. The minimum atomic E-state index is -1.21. The van der Waals surface area contributed by atoms with E-state index in [1.165, 1.54) is 30.9 Å². The standard InChI is InChI=1S/C59H77N3O7/c1-4-5-8-13-39-20-23-45(54(65)31-39)16-11-7-12-17-49(58(67)68)53(64)24-26-59(69)37-42(28-41-25-27-61-56(60)32-41)29-46(59)33-47-34-50(44-14-9-6-10-15-44)57(62-47)52-35-48(63)36-55(66)51(52)30-40-18-21-43(22-19-40)38(2)3/h6,9-10,14-15,18-23,25,27,32,34-36,38-39,42,45-46,49,53-54,62-66,69H,4-5,7-8,11-13,16-17,24,26,28-31,33,37H2,1-3H3,(H2,60,61)(H,67,68)/p-1. The van der Waals surface area contributed by atoms with E-state index in [0.717, 1.165) is 60.1 Å². The highest BCUT2D eigenvalue weighted by Gasteiger charge is 2.46. The summed E-state index contributed by atoms with van der Waals surface area (Å²) >= 11 is 0. The number of rotatable bonds is 24. The molecule has 1 saturated carbocycles. The van der Waals surface area contributed by atoms with Gasteiger partial charge in [-0.1, -0.05) is 126 Å². The van der Waals surface area contributed by atoms with E-state index in [2.05, 4.69) is 73.2 Å². The van der Waals surface area contributed by atoms with E-state index < -0.39 is 23.6 Å². The van der Waals surface area contributed by atoms with Gasteiger partial charge in [0.1, 0.15) is 11.6 Å². The lowest BCUT2D eigenvalue weighted by Gasteiger charge is -2.32. The van der Waals surface area contributed by atoms with Gasteiger partial charge in [0.05, 0.1) is 29.4 Å². The number of phenols is 1. The van der Waals surface area contributed by atoms with E-state index in [1.807, 2.05) is 42.5 Å². The average Bonchev–Trinajstić information content (AvgIpc) is 3.88. The topological polar surface area (TPSA) is 196 Å². The third kappa shape index (κ3) is 13.7. The van der Waals surface area contributed by atoms with Gasteiger partial charge < -0.3 is 41.4 Å². The highest BCUT2D eigenvalue weighted by molar-refractivity contribution is 5.85. The molecule has 8 unspecified atom stereocenters. The number of nitrogens with two attached hydrogens (primary N) is 1. The van der Waals surface area contributed by atoms with E-state index in [4.69, 9.17) is 5.73 Å². The summed E-state index contributed by atoms with van der Waals surface area (Å²) < 4.78 is 0. The number of aromatic nitrogens is 2. The highest BCUT2D eigenvalue weighted by atomic mass is 16.4. The highest BCUT2D eigenvalue weighted by Crippen LogP contribution is 2.47. The number of allylic oxidation sites excluding steroid dienone is 1. The van der Waals surface area contributed by atoms with Crippen molar-refractivity contribution in [3.05, 3.63) is 131 Å². The molecule has 3 aromatic carbocycles. The molecular formula is C59H76N3O7-. The number of nitrogens with one attached hydrogen (secondary N) is 1. The van der Waals surface area contributed by atoms with Gasteiger partial charge in [0.2, 0.25) is 0 Å². The Morgan fingerprint density at radius 3 is 2.36 bits per heavy atom. The summed E-state index contributed by atoms with van der Waals surface area (Å²) in [4.78, 5) is 20.5. The van der Waals surface area contributed by atoms with Crippen LogP contribution in [0.3, 0.4) is 0 Å². The number of aromatic amines is 1. The summed E-state index contributed by atoms with van der Waals surface area (Å²) in [5, 5.41) is 70.2. The molecule has 0 amide bonds. The third-order valence-corrected chi connectivity index (χ3v) is 15.4. The molecule has 2 aliphatic rings. The number of anilines is 1. The number of pyridine rings is 1. The van der Waals surface area contributed by atoms with Gasteiger partial charge in [-0.15, -0.1) is 5.75 Å². The van der Waals surface area contributed by atoms with E-state index in [0.29, 0.717) is 79.4 Å². The number of aliphatic carboxylic acids is 1. The summed E-state index contributed by atoms with van der Waals surface area (Å²) in [6, 6.07) is 27.1. The van der Waals surface area contributed by atoms with Crippen LogP contribution in [-0.2, 0) is 24.1 Å². The maximum Gasteiger partial charge on any atom is 0.309 e. The van der Waals surface area contributed by atoms with Crippen LogP contribution in [0.5, 0.6) is 11.5 Å². The Bertz CT molecular complexity index is 2450. The number of H-pyrrole nitrogens is 1. The van der Waals surface area contributed by atoms with Crippen molar-refractivity contribution < 1.29 is 35.4 Å². The van der Waals surface area contributed by atoms with Crippen molar-refractivity contribution in [1.82, 2.24) is 9.97 Å². The van der Waals surface area contributed by atoms with Crippen LogP contribution < -0.4 is 10.8 Å². The summed E-state index contributed by atoms with van der Waals surface area (Å²) in [5.74, 6) is -1.13. The molecule has 1 fully saturated rings. The van der Waals surface area contributed by atoms with Gasteiger partial charge in [-0.05, 0) is 152 Å². The zero-order valence-corrected chi connectivity index (χ0v) is 41.0. The predicted molar refractivity (Wildman–Crippen MR) is 274 cm³/mol. The first kappa shape index (κ1) is 51.4. The fourth-order valence-corrected chi connectivity index (χ4v) is 11.4. The molecule has 370 valence electrons. The number of nitrogen functional groups attached to an aromatic ring is 1. The van der Waals surface area contributed by atoms with E-state index in [1.54, 1.807) is 12.3 Å². The molecular weight excluding hydrogens is 863 g/mol. The van der Waals surface area contributed by atoms with Gasteiger partial charge in [0, 0.05) is 28.9 Å². The van der Waals surface area contributed by atoms with Gasteiger partial charge >= 0.3 is 5.97 Å². The number of unbranched alkanes of at least 4 members (excludes halogenated alkanes) is 4. The monoisotopic (exact) mass is 939 g/mol. The molecule has 7 rings (SSSR count). The number of hydrogen-bond acceptors (Lipinski definition) is 8. The van der Waals surface area contributed by atoms with E-state index in [9.17, 15) is 35.4 Å². The largest absolute Gasteiger partial charge is 0.872 e. The molecule has 0 spiro atoms. The summed E-state index contributed by atoms with van der Waals surface area (Å²) in [7, 11) is 0. The minimum absolute atomic E-state index is 0.0875. The molecule has 69 heavy (non-hydrogen) atoms. The van der Waals surface area contributed by atoms with Crippen molar-refractivity contribution >= 4 is 11.8 Å². The van der Waals surface area contributed by atoms with Gasteiger partial charge in [0.15, 0.2) is 0 Å². The Morgan fingerprint density at radius 2 is 1.65 bits per heavy atom. The second-order valence-electron chi connectivity index (χ2n) is 20.9. The molecule has 2 aromatic heterocycles. The van der Waals surface area contributed by atoms with Gasteiger partial charge in [-0.25, -0.2) is 4.98 Å². The Kier molecular flexibility index (Phi) is 17.8. The predicted octanol–water partition coefficient (Wildman–Crippen LogP) is 11.3. The van der Waals surface area contributed by atoms with Crippen LogP contribution in [0.25, 0.3) is 22.4 Å². The minimum Gasteiger partial charge on any atom is -0.872 e. The Labute approximate surface area is 409 Å². The number of aliphatic hydroxyl groups is 3. The molecule has 0 saturated heterocycles. The maximum absolute atomic E-state index is 13.8. The first-order valence-electron chi connectivity index (χ1n) is 25.8. The number of carbonyl (C=O) groups is 1. The average molecular weight is 939 g/mol. The zero-order chi connectivity index (χ0) is 49.1. The lowest BCUT2D eigenvalue weighted by atomic mass is 9.80. The zero-order valence-electron chi connectivity index (χ0n) is 41.0. The normalized spacial score (nSPS) is 22.3. The van der Waals surface area contributed by atoms with Crippen LogP contribution in [0.1, 0.15) is 145 Å². The molecule has 0 bridgehead atoms. The number of carboxylic acid groups (broad SMARTS) is 1. The van der Waals surface area contributed by atoms with Crippen molar-refractivity contribution in [3.8, 4) is 33.9 Å². The lowest BCUT2D eigenvalue weighted by molar-refractivity contribution is -0.269. The van der Waals surface area contributed by atoms with Crippen molar-refractivity contribution in [2.24, 2.45) is 29.6 Å². The second kappa shape index (κ2) is 23.9. The first-order chi connectivity index (χ1) is 33.2. The van der Waals surface area contributed by atoms with E-state index in [-0.39, 0.29) is 48.2 Å². The van der Waals surface area contributed by atoms with E-state index >= 15 is 0 Å². The number of benzene rings is 3. The fourth-order valence-electron chi connectivity index (χ4n) is 11.4. The summed E-state index contributed by atoms with van der Waals surface area (Å²) in [6.45, 7) is 6.50. The summed E-state index contributed by atoms with van der Waals surface area (Å²) in [6.07, 6.45) is 16.8. The Morgan fingerprint density at radius 1 is 0.884 bits per heavy atom. The smallest absolute Gasteiger partial charge is 0.309 e. The number of aliphatic hydroxyl groups excluding tert-OH is 2. The molecule has 0 aliphatic heterocycles. The van der Waals surface area contributed by atoms with Crippen LogP contribution in [0.4, 0.5) is 5.82 Å². The lowest BCUT2D eigenvalue weighted by Crippen LogP contribution is -2.37. The van der Waals surface area contributed by atoms with Crippen molar-refractivity contribution in [2.45, 2.75) is 154 Å². The molecule has 5 aromatic rings. The SMILES string of the molecule is CCCCCC1C=CC(CCCCCC(C(=O)O)C(O)CCC2(O)CC(Cc3ccnc(N)c3)CC2Cc2cc(-c3ccccc3)c(-c3cc(O)cc([O-])c3Cc3ccc(C(C)C)cc3)[nH]2)C(O)C1. The second-order valence-corrected chi connectivity index (χ2v) is 20.9. The Balaban J connectivity index is 1.08. The number of nitrogens with zero attached hydrogens (tertiary/aromatic N) is 1. The number of carboxylic acids is 1. The number of hydrogen-bond donors (Lipinski definition) is 7. The quantitative estimate of drug-likeness (QED) is 0.0233.